The van der Waals surface area contributed by atoms with E-state index < -0.39 is 0 Å². The zero-order chi connectivity index (χ0) is 14.8. The largest absolute Gasteiger partial charge is 0.397 e. The highest BCUT2D eigenvalue weighted by molar-refractivity contribution is 6.32. The molecule has 0 aromatic carbocycles. The minimum Gasteiger partial charge on any atom is -0.397 e. The lowest BCUT2D eigenvalue weighted by molar-refractivity contribution is 0.0644. The second-order valence-electron chi connectivity index (χ2n) is 5.87. The first-order valence-electron chi connectivity index (χ1n) is 7.59. The fourth-order valence-corrected chi connectivity index (χ4v) is 3.51. The second kappa shape index (κ2) is 6.20. The number of amides is 1. The highest BCUT2D eigenvalue weighted by atomic mass is 35.5. The van der Waals surface area contributed by atoms with Gasteiger partial charge in [-0.3, -0.25) is 4.79 Å². The van der Waals surface area contributed by atoms with Gasteiger partial charge in [0.2, 0.25) is 0 Å². The SMILES string of the molecule is Nc1cnc(Cl)c(C(=O)N2CCC(N3CCCC3)CC2)c1. The van der Waals surface area contributed by atoms with Crippen LogP contribution in [-0.4, -0.2) is 52.9 Å². The maximum Gasteiger partial charge on any atom is 0.257 e. The van der Waals surface area contributed by atoms with Gasteiger partial charge in [-0.25, -0.2) is 4.98 Å². The zero-order valence-electron chi connectivity index (χ0n) is 12.1. The number of nitrogens with zero attached hydrogens (tertiary/aromatic N) is 3. The molecule has 6 heteroatoms. The molecule has 5 nitrogen and oxygen atoms in total. The maximum absolute atomic E-state index is 12.5. The number of hydrogen-bond donors (Lipinski definition) is 1. The van der Waals surface area contributed by atoms with Crippen LogP contribution in [0.25, 0.3) is 0 Å². The summed E-state index contributed by atoms with van der Waals surface area (Å²) in [6.45, 7) is 3.99. The third-order valence-electron chi connectivity index (χ3n) is 4.50. The summed E-state index contributed by atoms with van der Waals surface area (Å²) in [5, 5.41) is 0.232. The van der Waals surface area contributed by atoms with E-state index in [4.69, 9.17) is 17.3 Å². The molecule has 21 heavy (non-hydrogen) atoms. The molecule has 2 N–H and O–H groups in total. The van der Waals surface area contributed by atoms with Crippen LogP contribution in [0.3, 0.4) is 0 Å². The number of rotatable bonds is 2. The van der Waals surface area contributed by atoms with Gasteiger partial charge in [-0.1, -0.05) is 11.6 Å². The van der Waals surface area contributed by atoms with Crippen molar-refractivity contribution in [3.05, 3.63) is 23.0 Å². The summed E-state index contributed by atoms with van der Waals surface area (Å²) in [4.78, 5) is 20.9. The Balaban J connectivity index is 1.63. The summed E-state index contributed by atoms with van der Waals surface area (Å²) in [5.74, 6) is -0.0559. The molecule has 0 radical (unpaired) electrons. The van der Waals surface area contributed by atoms with Crippen molar-refractivity contribution >= 4 is 23.2 Å². The van der Waals surface area contributed by atoms with Crippen molar-refractivity contribution in [3.8, 4) is 0 Å². The van der Waals surface area contributed by atoms with Gasteiger partial charge in [0.1, 0.15) is 5.15 Å². The van der Waals surface area contributed by atoms with Crippen LogP contribution in [0.1, 0.15) is 36.0 Å². The molecule has 3 heterocycles. The first kappa shape index (κ1) is 14.6. The van der Waals surface area contributed by atoms with Crippen molar-refractivity contribution in [3.63, 3.8) is 0 Å². The lowest BCUT2D eigenvalue weighted by atomic mass is 10.0. The molecular weight excluding hydrogens is 288 g/mol. The molecule has 114 valence electrons. The van der Waals surface area contributed by atoms with Crippen molar-refractivity contribution < 1.29 is 4.79 Å². The summed E-state index contributed by atoms with van der Waals surface area (Å²) in [6.07, 6.45) is 6.17. The number of carbonyl (C=O) groups is 1. The molecule has 2 aliphatic heterocycles. The van der Waals surface area contributed by atoms with Gasteiger partial charge in [0.15, 0.2) is 0 Å². The Morgan fingerprint density at radius 1 is 1.24 bits per heavy atom. The molecule has 1 aromatic rings. The maximum atomic E-state index is 12.5. The van der Waals surface area contributed by atoms with Crippen molar-refractivity contribution in [1.29, 1.82) is 0 Å². The summed E-state index contributed by atoms with van der Waals surface area (Å²) < 4.78 is 0. The number of likely N-dealkylation sites (tertiary alicyclic amines) is 2. The van der Waals surface area contributed by atoms with E-state index in [-0.39, 0.29) is 11.1 Å². The molecule has 1 aromatic heterocycles. The van der Waals surface area contributed by atoms with E-state index in [0.717, 1.165) is 25.9 Å². The van der Waals surface area contributed by atoms with E-state index in [2.05, 4.69) is 9.88 Å². The van der Waals surface area contributed by atoms with Crippen LogP contribution in [0.15, 0.2) is 12.3 Å². The Morgan fingerprint density at radius 2 is 1.90 bits per heavy atom. The first-order chi connectivity index (χ1) is 10.1. The topological polar surface area (TPSA) is 62.5 Å². The fraction of sp³-hybridized carbons (Fsp3) is 0.600. The van der Waals surface area contributed by atoms with Gasteiger partial charge in [-0.2, -0.15) is 0 Å². The number of aromatic nitrogens is 1. The first-order valence-corrected chi connectivity index (χ1v) is 7.97. The van der Waals surface area contributed by atoms with E-state index in [0.29, 0.717) is 17.3 Å². The summed E-state index contributed by atoms with van der Waals surface area (Å²) in [6, 6.07) is 2.25. The molecular formula is C15H21ClN4O. The molecule has 0 spiro atoms. The minimum atomic E-state index is -0.0559. The van der Waals surface area contributed by atoms with Gasteiger partial charge < -0.3 is 15.5 Å². The smallest absolute Gasteiger partial charge is 0.257 e. The van der Waals surface area contributed by atoms with Crippen molar-refractivity contribution in [2.24, 2.45) is 0 Å². The average molecular weight is 309 g/mol. The Labute approximate surface area is 130 Å². The average Bonchev–Trinajstić information content (AvgIpc) is 3.03. The van der Waals surface area contributed by atoms with Gasteiger partial charge in [0.25, 0.3) is 5.91 Å². The summed E-state index contributed by atoms with van der Waals surface area (Å²) >= 11 is 6.02. The molecule has 2 aliphatic rings. The standard InChI is InChI=1S/C15H21ClN4O/c16-14-13(9-11(17)10-18-14)15(21)20-7-3-12(4-8-20)19-5-1-2-6-19/h9-10,12H,1-8,17H2. The summed E-state index contributed by atoms with van der Waals surface area (Å²) in [5.41, 5.74) is 6.58. The van der Waals surface area contributed by atoms with E-state index in [1.165, 1.54) is 32.1 Å². The second-order valence-corrected chi connectivity index (χ2v) is 6.23. The van der Waals surface area contributed by atoms with Crippen molar-refractivity contribution in [2.75, 3.05) is 31.9 Å². The normalized spacial score (nSPS) is 20.9. The number of anilines is 1. The predicted octanol–water partition coefficient (Wildman–Crippen LogP) is 2.02. The molecule has 3 rings (SSSR count). The quantitative estimate of drug-likeness (QED) is 0.849. The van der Waals surface area contributed by atoms with Gasteiger partial charge in [-0.15, -0.1) is 0 Å². The van der Waals surface area contributed by atoms with Crippen LogP contribution in [0.2, 0.25) is 5.15 Å². The molecule has 2 fully saturated rings. The van der Waals surface area contributed by atoms with Gasteiger partial charge >= 0.3 is 0 Å². The Morgan fingerprint density at radius 3 is 2.57 bits per heavy atom. The van der Waals surface area contributed by atoms with E-state index >= 15 is 0 Å². The lowest BCUT2D eigenvalue weighted by Crippen LogP contribution is -2.46. The monoisotopic (exact) mass is 308 g/mol. The van der Waals surface area contributed by atoms with Gasteiger partial charge in [-0.05, 0) is 44.8 Å². The number of piperidine rings is 1. The van der Waals surface area contributed by atoms with Crippen molar-refractivity contribution in [1.82, 2.24) is 14.8 Å². The Hall–Kier alpha value is -1.33. The number of halogens is 1. The van der Waals surface area contributed by atoms with Gasteiger partial charge in [0.05, 0.1) is 17.4 Å². The van der Waals surface area contributed by atoms with Crippen LogP contribution in [0.5, 0.6) is 0 Å². The van der Waals surface area contributed by atoms with Gasteiger partial charge in [0, 0.05) is 19.1 Å². The molecule has 2 saturated heterocycles. The summed E-state index contributed by atoms with van der Waals surface area (Å²) in [7, 11) is 0. The number of carbonyl (C=O) groups excluding carboxylic acids is 1. The zero-order valence-corrected chi connectivity index (χ0v) is 12.9. The van der Waals surface area contributed by atoms with Crippen LogP contribution < -0.4 is 5.73 Å². The molecule has 0 aliphatic carbocycles. The number of nitrogen functional groups attached to an aromatic ring is 1. The molecule has 0 unspecified atom stereocenters. The highest BCUT2D eigenvalue weighted by Gasteiger charge is 2.29. The van der Waals surface area contributed by atoms with Crippen LogP contribution >= 0.6 is 11.6 Å². The third kappa shape index (κ3) is 3.14. The lowest BCUT2D eigenvalue weighted by Gasteiger charge is -2.36. The number of hydrogen-bond acceptors (Lipinski definition) is 4. The Kier molecular flexibility index (Phi) is 4.31. The van der Waals surface area contributed by atoms with E-state index in [1.54, 1.807) is 6.07 Å². The molecule has 1 amide bonds. The number of nitrogens with two attached hydrogens (primary N) is 1. The van der Waals surface area contributed by atoms with Crippen molar-refractivity contribution in [2.45, 2.75) is 31.7 Å². The fourth-order valence-electron chi connectivity index (χ4n) is 3.33. The predicted molar refractivity (Wildman–Crippen MR) is 83.4 cm³/mol. The van der Waals surface area contributed by atoms with Crippen LogP contribution in [0.4, 0.5) is 5.69 Å². The van der Waals surface area contributed by atoms with Crippen LogP contribution in [0, 0.1) is 0 Å². The van der Waals surface area contributed by atoms with E-state index in [1.807, 2.05) is 4.90 Å². The molecule has 0 atom stereocenters. The third-order valence-corrected chi connectivity index (χ3v) is 4.80. The molecule has 0 bridgehead atoms. The Bertz CT molecular complexity index is 522. The minimum absolute atomic E-state index is 0.0559. The molecule has 0 saturated carbocycles. The highest BCUT2D eigenvalue weighted by Crippen LogP contribution is 2.24. The van der Waals surface area contributed by atoms with Crippen LogP contribution in [-0.2, 0) is 0 Å². The van der Waals surface area contributed by atoms with E-state index in [9.17, 15) is 4.79 Å². The number of pyridine rings is 1.